The quantitative estimate of drug-likeness (QED) is 0.658. The second-order valence-corrected chi connectivity index (χ2v) is 4.48. The molecule has 1 unspecified atom stereocenters. The van der Waals surface area contributed by atoms with Gasteiger partial charge in [0.1, 0.15) is 5.75 Å². The molecule has 0 aromatic heterocycles. The van der Waals surface area contributed by atoms with Gasteiger partial charge in [-0.2, -0.15) is 0 Å². The van der Waals surface area contributed by atoms with Gasteiger partial charge in [-0.15, -0.1) is 0 Å². The van der Waals surface area contributed by atoms with Crippen molar-refractivity contribution >= 4 is 0 Å². The molecule has 0 aliphatic carbocycles. The van der Waals surface area contributed by atoms with E-state index in [1.54, 1.807) is 0 Å². The molecule has 0 fully saturated rings. The van der Waals surface area contributed by atoms with E-state index in [9.17, 15) is 0 Å². The normalized spacial score (nSPS) is 20.4. The van der Waals surface area contributed by atoms with Crippen molar-refractivity contribution in [3.8, 4) is 5.75 Å². The summed E-state index contributed by atoms with van der Waals surface area (Å²) in [7, 11) is 0. The molecular formula is C13H18O. The lowest BCUT2D eigenvalue weighted by Gasteiger charge is -2.29. The van der Waals surface area contributed by atoms with E-state index in [1.165, 1.54) is 11.1 Å². The summed E-state index contributed by atoms with van der Waals surface area (Å²) >= 11 is 0. The van der Waals surface area contributed by atoms with Crippen LogP contribution in [0.1, 0.15) is 37.3 Å². The van der Waals surface area contributed by atoms with Crippen molar-refractivity contribution in [1.82, 2.24) is 0 Å². The minimum atomic E-state index is 0.679. The van der Waals surface area contributed by atoms with Crippen molar-refractivity contribution in [2.24, 2.45) is 5.92 Å². The van der Waals surface area contributed by atoms with Crippen LogP contribution in [0.4, 0.5) is 0 Å². The number of fused-ring (bicyclic) bond motifs is 1. The zero-order chi connectivity index (χ0) is 10.1. The van der Waals surface area contributed by atoms with Gasteiger partial charge in [0.05, 0.1) is 6.61 Å². The second kappa shape index (κ2) is 3.64. The van der Waals surface area contributed by atoms with Crippen LogP contribution in [-0.2, 0) is 0 Å². The molecule has 1 aromatic rings. The van der Waals surface area contributed by atoms with E-state index in [0.29, 0.717) is 11.8 Å². The Morgan fingerprint density at radius 2 is 2.14 bits per heavy atom. The molecular weight excluding hydrogens is 172 g/mol. The summed E-state index contributed by atoms with van der Waals surface area (Å²) in [4.78, 5) is 0. The molecule has 0 spiro atoms. The minimum absolute atomic E-state index is 0.679. The highest BCUT2D eigenvalue weighted by molar-refractivity contribution is 5.44. The number of aryl methyl sites for hydroxylation is 1. The first-order chi connectivity index (χ1) is 6.70. The van der Waals surface area contributed by atoms with E-state index in [0.717, 1.165) is 18.8 Å². The number of hydrogen-bond donors (Lipinski definition) is 0. The van der Waals surface area contributed by atoms with Gasteiger partial charge in [-0.25, -0.2) is 0 Å². The Bertz CT molecular complexity index is 328. The second-order valence-electron chi connectivity index (χ2n) is 4.48. The highest BCUT2D eigenvalue weighted by Crippen LogP contribution is 2.39. The van der Waals surface area contributed by atoms with E-state index in [-0.39, 0.29) is 0 Å². The summed E-state index contributed by atoms with van der Waals surface area (Å²) < 4.78 is 5.73. The molecule has 76 valence electrons. The smallest absolute Gasteiger partial charge is 0.125 e. The molecule has 1 aromatic carbocycles. The fraction of sp³-hybridized carbons (Fsp3) is 0.538. The summed E-state index contributed by atoms with van der Waals surface area (Å²) in [5.41, 5.74) is 2.68. The molecule has 0 amide bonds. The molecule has 0 N–H and O–H groups in total. The fourth-order valence-corrected chi connectivity index (χ4v) is 2.30. The maximum Gasteiger partial charge on any atom is 0.125 e. The number of ether oxygens (including phenoxy) is 1. The average Bonchev–Trinajstić information content (AvgIpc) is 2.17. The van der Waals surface area contributed by atoms with Crippen LogP contribution in [0.5, 0.6) is 5.75 Å². The lowest BCUT2D eigenvalue weighted by molar-refractivity contribution is 0.245. The maximum absolute atomic E-state index is 5.73. The Balaban J connectivity index is 2.44. The molecule has 0 radical (unpaired) electrons. The summed E-state index contributed by atoms with van der Waals surface area (Å²) in [6.45, 7) is 7.59. The monoisotopic (exact) mass is 190 g/mol. The summed E-state index contributed by atoms with van der Waals surface area (Å²) in [5, 5.41) is 0. The summed E-state index contributed by atoms with van der Waals surface area (Å²) in [5.74, 6) is 2.52. The molecule has 1 nitrogen and oxygen atoms in total. The topological polar surface area (TPSA) is 9.23 Å². The molecule has 1 heteroatoms. The molecule has 0 bridgehead atoms. The third kappa shape index (κ3) is 1.52. The highest BCUT2D eigenvalue weighted by atomic mass is 16.5. The first-order valence-electron chi connectivity index (χ1n) is 5.42. The summed E-state index contributed by atoms with van der Waals surface area (Å²) in [6, 6.07) is 6.48. The standard InChI is InChI=1S/C13H18O/c1-9(2)11-7-8-14-13-10(3)5-4-6-12(11)13/h4-6,9,11H,7-8H2,1-3H3. The third-order valence-electron chi connectivity index (χ3n) is 3.12. The van der Waals surface area contributed by atoms with Gasteiger partial charge in [0, 0.05) is 0 Å². The SMILES string of the molecule is Cc1cccc2c1OCCC2C(C)C. The molecule has 1 atom stereocenters. The van der Waals surface area contributed by atoms with Gasteiger partial charge in [-0.1, -0.05) is 32.0 Å². The van der Waals surface area contributed by atoms with Gasteiger partial charge >= 0.3 is 0 Å². The van der Waals surface area contributed by atoms with Crippen molar-refractivity contribution in [2.75, 3.05) is 6.61 Å². The van der Waals surface area contributed by atoms with Crippen molar-refractivity contribution in [1.29, 1.82) is 0 Å². The van der Waals surface area contributed by atoms with E-state index in [2.05, 4.69) is 39.0 Å². The third-order valence-corrected chi connectivity index (χ3v) is 3.12. The van der Waals surface area contributed by atoms with Crippen molar-refractivity contribution < 1.29 is 4.74 Å². The van der Waals surface area contributed by atoms with Crippen LogP contribution in [0.2, 0.25) is 0 Å². The van der Waals surface area contributed by atoms with Crippen LogP contribution in [-0.4, -0.2) is 6.61 Å². The largest absolute Gasteiger partial charge is 0.493 e. The Kier molecular flexibility index (Phi) is 2.49. The van der Waals surface area contributed by atoms with Gasteiger partial charge in [-0.05, 0) is 36.3 Å². The number of benzene rings is 1. The van der Waals surface area contributed by atoms with Crippen LogP contribution in [0, 0.1) is 12.8 Å². The van der Waals surface area contributed by atoms with E-state index in [4.69, 9.17) is 4.74 Å². The lowest BCUT2D eigenvalue weighted by atomic mass is 9.83. The number of rotatable bonds is 1. The molecule has 0 saturated carbocycles. The molecule has 14 heavy (non-hydrogen) atoms. The van der Waals surface area contributed by atoms with E-state index >= 15 is 0 Å². The van der Waals surface area contributed by atoms with Gasteiger partial charge in [0.2, 0.25) is 0 Å². The maximum atomic E-state index is 5.73. The predicted octanol–water partition coefficient (Wildman–Crippen LogP) is 3.52. The fourth-order valence-electron chi connectivity index (χ4n) is 2.30. The molecule has 1 heterocycles. The highest BCUT2D eigenvalue weighted by Gasteiger charge is 2.24. The van der Waals surface area contributed by atoms with Gasteiger partial charge in [0.25, 0.3) is 0 Å². The van der Waals surface area contributed by atoms with Crippen molar-refractivity contribution in [3.63, 3.8) is 0 Å². The first kappa shape index (κ1) is 9.57. The summed E-state index contributed by atoms with van der Waals surface area (Å²) in [6.07, 6.45) is 1.16. The van der Waals surface area contributed by atoms with E-state index < -0.39 is 0 Å². The molecule has 2 rings (SSSR count). The zero-order valence-electron chi connectivity index (χ0n) is 9.21. The predicted molar refractivity (Wildman–Crippen MR) is 58.9 cm³/mol. The van der Waals surface area contributed by atoms with Crippen LogP contribution < -0.4 is 4.74 Å². The van der Waals surface area contributed by atoms with E-state index in [1.807, 2.05) is 0 Å². The first-order valence-corrected chi connectivity index (χ1v) is 5.42. The van der Waals surface area contributed by atoms with Crippen LogP contribution >= 0.6 is 0 Å². The lowest BCUT2D eigenvalue weighted by Crippen LogP contribution is -2.18. The van der Waals surface area contributed by atoms with Crippen molar-refractivity contribution in [2.45, 2.75) is 33.1 Å². The molecule has 1 aliphatic rings. The zero-order valence-corrected chi connectivity index (χ0v) is 9.21. The number of para-hydroxylation sites is 1. The Morgan fingerprint density at radius 3 is 2.86 bits per heavy atom. The molecule has 0 saturated heterocycles. The Hall–Kier alpha value is -0.980. The van der Waals surface area contributed by atoms with Gasteiger partial charge in [0.15, 0.2) is 0 Å². The van der Waals surface area contributed by atoms with Crippen LogP contribution in [0.15, 0.2) is 18.2 Å². The molecule has 1 aliphatic heterocycles. The number of hydrogen-bond acceptors (Lipinski definition) is 1. The Morgan fingerprint density at radius 1 is 1.36 bits per heavy atom. The van der Waals surface area contributed by atoms with Crippen molar-refractivity contribution in [3.05, 3.63) is 29.3 Å². The minimum Gasteiger partial charge on any atom is -0.493 e. The Labute approximate surface area is 86.1 Å². The van der Waals surface area contributed by atoms with Gasteiger partial charge in [-0.3, -0.25) is 0 Å². The van der Waals surface area contributed by atoms with Gasteiger partial charge < -0.3 is 4.74 Å². The van der Waals surface area contributed by atoms with Crippen LogP contribution in [0.3, 0.4) is 0 Å². The van der Waals surface area contributed by atoms with Crippen LogP contribution in [0.25, 0.3) is 0 Å². The average molecular weight is 190 g/mol.